The Balaban J connectivity index is 2.48. The number of hydrogen-bond donors (Lipinski definition) is 2. The monoisotopic (exact) mass is 193 g/mol. The Hall–Kier alpha value is -1.42. The second-order valence-electron chi connectivity index (χ2n) is 2.63. The minimum Gasteiger partial charge on any atom is -0.478 e. The Labute approximate surface area is 79.6 Å². The van der Waals surface area contributed by atoms with Crippen LogP contribution in [0.1, 0.15) is 15.9 Å². The first kappa shape index (κ1) is 8.19. The summed E-state index contributed by atoms with van der Waals surface area (Å²) in [4.78, 5) is 10.6. The molecule has 0 saturated carbocycles. The van der Waals surface area contributed by atoms with Crippen molar-refractivity contribution in [1.29, 1.82) is 0 Å². The highest BCUT2D eigenvalue weighted by atomic mass is 32.2. The number of aromatic carboxylic acids is 1. The summed E-state index contributed by atoms with van der Waals surface area (Å²) in [6.45, 7) is 0. The van der Waals surface area contributed by atoms with Crippen LogP contribution in [0.2, 0.25) is 0 Å². The molecule has 1 aromatic carbocycles. The Morgan fingerprint density at radius 3 is 3.08 bits per heavy atom. The quantitative estimate of drug-likeness (QED) is 0.672. The van der Waals surface area contributed by atoms with Crippen molar-refractivity contribution in [1.82, 2.24) is 0 Å². The fraction of sp³-hybridized carbons (Fsp3) is 0. The standard InChI is InChI=1S/C9H7NO2S/c11-9(12)7-2-1-6-3-4-13-10-8(6)5-7/h1-5,10H,(H,11,12). The summed E-state index contributed by atoms with van der Waals surface area (Å²) < 4.78 is 3.02. The molecule has 2 N–H and O–H groups in total. The molecule has 0 radical (unpaired) electrons. The molecule has 66 valence electrons. The molecule has 0 fully saturated rings. The van der Waals surface area contributed by atoms with Crippen molar-refractivity contribution in [2.75, 3.05) is 4.72 Å². The van der Waals surface area contributed by atoms with Crippen molar-refractivity contribution in [2.24, 2.45) is 0 Å². The number of nitrogens with one attached hydrogen (secondary N) is 1. The van der Waals surface area contributed by atoms with Gasteiger partial charge in [0.1, 0.15) is 0 Å². The summed E-state index contributed by atoms with van der Waals surface area (Å²) in [5.41, 5.74) is 2.18. The predicted molar refractivity (Wildman–Crippen MR) is 53.6 cm³/mol. The summed E-state index contributed by atoms with van der Waals surface area (Å²) >= 11 is 1.43. The van der Waals surface area contributed by atoms with Gasteiger partial charge < -0.3 is 9.83 Å². The number of hydrogen-bond acceptors (Lipinski definition) is 3. The average Bonchev–Trinajstić information content (AvgIpc) is 2.17. The predicted octanol–water partition coefficient (Wildman–Crippen LogP) is 2.43. The zero-order valence-electron chi connectivity index (χ0n) is 6.65. The lowest BCUT2D eigenvalue weighted by molar-refractivity contribution is 0.0697. The zero-order chi connectivity index (χ0) is 9.26. The first-order valence-corrected chi connectivity index (χ1v) is 4.61. The normalized spacial score (nSPS) is 13.2. The van der Waals surface area contributed by atoms with Gasteiger partial charge in [-0.2, -0.15) is 0 Å². The van der Waals surface area contributed by atoms with E-state index in [2.05, 4.69) is 4.72 Å². The number of anilines is 1. The smallest absolute Gasteiger partial charge is 0.335 e. The Morgan fingerprint density at radius 2 is 2.31 bits per heavy atom. The molecule has 1 aromatic rings. The van der Waals surface area contributed by atoms with E-state index in [0.29, 0.717) is 5.56 Å². The van der Waals surface area contributed by atoms with E-state index in [1.165, 1.54) is 11.9 Å². The third-order valence-corrected chi connectivity index (χ3v) is 2.39. The van der Waals surface area contributed by atoms with Crippen molar-refractivity contribution in [3.63, 3.8) is 0 Å². The van der Waals surface area contributed by atoms with E-state index in [0.717, 1.165) is 11.3 Å². The van der Waals surface area contributed by atoms with Crippen LogP contribution < -0.4 is 4.72 Å². The van der Waals surface area contributed by atoms with Crippen molar-refractivity contribution < 1.29 is 9.90 Å². The second kappa shape index (κ2) is 3.14. The maximum absolute atomic E-state index is 10.6. The molecule has 2 rings (SSSR count). The molecule has 4 heteroatoms. The molecule has 0 spiro atoms. The van der Waals surface area contributed by atoms with E-state index in [1.54, 1.807) is 18.2 Å². The summed E-state index contributed by atoms with van der Waals surface area (Å²) in [6.07, 6.45) is 1.95. The number of fused-ring (bicyclic) bond motifs is 1. The van der Waals surface area contributed by atoms with Gasteiger partial charge in [0.2, 0.25) is 0 Å². The minimum absolute atomic E-state index is 0.308. The van der Waals surface area contributed by atoms with Gasteiger partial charge in [-0.25, -0.2) is 4.79 Å². The third-order valence-electron chi connectivity index (χ3n) is 1.78. The van der Waals surface area contributed by atoms with E-state index in [-0.39, 0.29) is 0 Å². The molecule has 13 heavy (non-hydrogen) atoms. The van der Waals surface area contributed by atoms with Crippen LogP contribution in [0.25, 0.3) is 6.08 Å². The minimum atomic E-state index is -0.899. The molecule has 0 unspecified atom stereocenters. The highest BCUT2D eigenvalue weighted by Crippen LogP contribution is 2.27. The Morgan fingerprint density at radius 1 is 1.46 bits per heavy atom. The Kier molecular flexibility index (Phi) is 1.98. The van der Waals surface area contributed by atoms with Crippen molar-refractivity contribution in [3.8, 4) is 0 Å². The fourth-order valence-corrected chi connectivity index (χ4v) is 1.71. The topological polar surface area (TPSA) is 49.3 Å². The van der Waals surface area contributed by atoms with Crippen LogP contribution in [0.15, 0.2) is 23.6 Å². The summed E-state index contributed by atoms with van der Waals surface area (Å²) in [7, 11) is 0. The molecule has 1 aliphatic heterocycles. The first-order valence-electron chi connectivity index (χ1n) is 3.73. The van der Waals surface area contributed by atoms with Gasteiger partial charge in [0.15, 0.2) is 0 Å². The van der Waals surface area contributed by atoms with E-state index >= 15 is 0 Å². The molecule has 1 aliphatic rings. The molecule has 0 bridgehead atoms. The Bertz CT molecular complexity index is 387. The van der Waals surface area contributed by atoms with Crippen LogP contribution in [-0.2, 0) is 0 Å². The highest BCUT2D eigenvalue weighted by molar-refractivity contribution is 8.03. The summed E-state index contributed by atoms with van der Waals surface area (Å²) in [5, 5.41) is 10.7. The van der Waals surface area contributed by atoms with Crippen LogP contribution in [0.3, 0.4) is 0 Å². The SMILES string of the molecule is O=C(O)c1ccc2c(c1)NSC=C2. The highest BCUT2D eigenvalue weighted by Gasteiger charge is 2.08. The number of carbonyl (C=O) groups is 1. The first-order chi connectivity index (χ1) is 6.27. The van der Waals surface area contributed by atoms with E-state index in [1.807, 2.05) is 11.5 Å². The van der Waals surface area contributed by atoms with Gasteiger partial charge in [0.05, 0.1) is 11.3 Å². The van der Waals surface area contributed by atoms with Gasteiger partial charge in [0.25, 0.3) is 0 Å². The molecule has 0 amide bonds. The van der Waals surface area contributed by atoms with Crippen molar-refractivity contribution in [3.05, 3.63) is 34.7 Å². The molecule has 0 atom stereocenters. The van der Waals surface area contributed by atoms with E-state index in [4.69, 9.17) is 5.11 Å². The van der Waals surface area contributed by atoms with Crippen LogP contribution in [0.5, 0.6) is 0 Å². The number of benzene rings is 1. The molecule has 0 aromatic heterocycles. The zero-order valence-corrected chi connectivity index (χ0v) is 7.47. The number of carboxylic acids is 1. The molecular weight excluding hydrogens is 186 g/mol. The lowest BCUT2D eigenvalue weighted by Crippen LogP contribution is -1.99. The molecule has 1 heterocycles. The van der Waals surface area contributed by atoms with Gasteiger partial charge in [-0.15, -0.1) is 0 Å². The van der Waals surface area contributed by atoms with E-state index < -0.39 is 5.97 Å². The van der Waals surface area contributed by atoms with Crippen molar-refractivity contribution in [2.45, 2.75) is 0 Å². The van der Waals surface area contributed by atoms with Crippen LogP contribution in [0, 0.1) is 0 Å². The van der Waals surface area contributed by atoms with Crippen molar-refractivity contribution >= 4 is 29.7 Å². The summed E-state index contributed by atoms with van der Waals surface area (Å²) in [6, 6.07) is 5.03. The van der Waals surface area contributed by atoms with Crippen LogP contribution >= 0.6 is 11.9 Å². The maximum Gasteiger partial charge on any atom is 0.335 e. The fourth-order valence-electron chi connectivity index (χ4n) is 1.13. The van der Waals surface area contributed by atoms with Crippen LogP contribution in [0.4, 0.5) is 5.69 Å². The van der Waals surface area contributed by atoms with Gasteiger partial charge >= 0.3 is 5.97 Å². The lowest BCUT2D eigenvalue weighted by atomic mass is 10.1. The average molecular weight is 193 g/mol. The van der Waals surface area contributed by atoms with Gasteiger partial charge in [0, 0.05) is 0 Å². The van der Waals surface area contributed by atoms with Gasteiger partial charge in [-0.3, -0.25) is 0 Å². The third kappa shape index (κ3) is 1.53. The summed E-state index contributed by atoms with van der Waals surface area (Å²) in [5.74, 6) is -0.899. The molecule has 0 saturated heterocycles. The lowest BCUT2D eigenvalue weighted by Gasteiger charge is -2.11. The number of carboxylic acid groups (broad SMARTS) is 1. The van der Waals surface area contributed by atoms with Crippen LogP contribution in [-0.4, -0.2) is 11.1 Å². The molecular formula is C9H7NO2S. The van der Waals surface area contributed by atoms with Gasteiger partial charge in [-0.05, 0) is 41.1 Å². The van der Waals surface area contributed by atoms with Gasteiger partial charge in [-0.1, -0.05) is 6.07 Å². The van der Waals surface area contributed by atoms with E-state index in [9.17, 15) is 4.79 Å². The second-order valence-corrected chi connectivity index (χ2v) is 3.34. The molecule has 3 nitrogen and oxygen atoms in total. The maximum atomic E-state index is 10.6. The largest absolute Gasteiger partial charge is 0.478 e. The molecule has 0 aliphatic carbocycles. The number of rotatable bonds is 1.